The van der Waals surface area contributed by atoms with Crippen LogP contribution in [0.3, 0.4) is 0 Å². The Kier molecular flexibility index (Phi) is 4.33. The molecule has 1 aliphatic heterocycles. The highest BCUT2D eigenvalue weighted by atomic mass is 32.2. The van der Waals surface area contributed by atoms with Gasteiger partial charge >= 0.3 is 0 Å². The molecule has 1 aliphatic rings. The first-order valence-corrected chi connectivity index (χ1v) is 8.63. The lowest BCUT2D eigenvalue weighted by Crippen LogP contribution is -2.52. The van der Waals surface area contributed by atoms with Gasteiger partial charge < -0.3 is 4.90 Å². The number of benzene rings is 2. The molecule has 3 rings (SSSR count). The number of sulfonamides is 1. The second kappa shape index (κ2) is 6.29. The summed E-state index contributed by atoms with van der Waals surface area (Å²) in [6.45, 7) is -0.0647. The van der Waals surface area contributed by atoms with Gasteiger partial charge in [0.2, 0.25) is 15.9 Å². The predicted molar refractivity (Wildman–Crippen MR) is 83.9 cm³/mol. The Balaban J connectivity index is 1.78. The zero-order valence-electron chi connectivity index (χ0n) is 12.5. The Bertz CT molecular complexity index is 852. The minimum atomic E-state index is -3.86. The highest BCUT2D eigenvalue weighted by Crippen LogP contribution is 2.22. The molecule has 5 nitrogen and oxygen atoms in total. The molecule has 1 fully saturated rings. The maximum atomic E-state index is 13.0. The lowest BCUT2D eigenvalue weighted by Gasteiger charge is -2.33. The lowest BCUT2D eigenvalue weighted by molar-refractivity contribution is -0.119. The number of amides is 1. The Morgan fingerprint density at radius 1 is 0.833 bits per heavy atom. The molecule has 0 bridgehead atoms. The van der Waals surface area contributed by atoms with Gasteiger partial charge in [-0.3, -0.25) is 4.79 Å². The molecule has 0 atom stereocenters. The summed E-state index contributed by atoms with van der Waals surface area (Å²) >= 11 is 0. The van der Waals surface area contributed by atoms with Crippen LogP contribution in [-0.2, 0) is 14.8 Å². The van der Waals surface area contributed by atoms with Crippen molar-refractivity contribution in [2.24, 2.45) is 0 Å². The second-order valence-corrected chi connectivity index (χ2v) is 7.25. The molecule has 0 unspecified atom stereocenters. The van der Waals surface area contributed by atoms with Crippen LogP contribution in [0.25, 0.3) is 0 Å². The number of carbonyl (C=O) groups excluding carboxylic acids is 1. The van der Waals surface area contributed by atoms with Gasteiger partial charge in [0.05, 0.1) is 11.4 Å². The number of piperazine rings is 1. The summed E-state index contributed by atoms with van der Waals surface area (Å²) in [7, 11) is -3.86. The Morgan fingerprint density at radius 3 is 1.92 bits per heavy atom. The predicted octanol–water partition coefficient (Wildman–Crippen LogP) is 2.00. The third kappa shape index (κ3) is 3.15. The van der Waals surface area contributed by atoms with Crippen molar-refractivity contribution in [1.29, 1.82) is 0 Å². The highest BCUT2D eigenvalue weighted by Gasteiger charge is 2.33. The van der Waals surface area contributed by atoms with Crippen molar-refractivity contribution in [2.75, 3.05) is 24.5 Å². The Labute approximate surface area is 138 Å². The standard InChI is InChI=1S/C16H14F2N2O3S/c17-12-1-5-14(6-2-12)20-10-9-19(11-16(20)21)24(22,23)15-7-3-13(18)4-8-15/h1-8H,9-11H2. The monoisotopic (exact) mass is 352 g/mol. The van der Waals surface area contributed by atoms with Gasteiger partial charge in [-0.1, -0.05) is 0 Å². The molecular weight excluding hydrogens is 338 g/mol. The molecule has 0 spiro atoms. The number of halogens is 2. The molecule has 2 aromatic carbocycles. The minimum Gasteiger partial charge on any atom is -0.310 e. The molecule has 1 heterocycles. The minimum absolute atomic E-state index is 0.0630. The molecule has 1 saturated heterocycles. The Morgan fingerprint density at radius 2 is 1.38 bits per heavy atom. The summed E-state index contributed by atoms with van der Waals surface area (Å²) in [5.41, 5.74) is 0.514. The third-order valence-corrected chi connectivity index (χ3v) is 5.63. The zero-order chi connectivity index (χ0) is 17.3. The highest BCUT2D eigenvalue weighted by molar-refractivity contribution is 7.89. The quantitative estimate of drug-likeness (QED) is 0.849. The topological polar surface area (TPSA) is 57.7 Å². The largest absolute Gasteiger partial charge is 0.310 e. The third-order valence-electron chi connectivity index (χ3n) is 3.78. The van der Waals surface area contributed by atoms with E-state index in [-0.39, 0.29) is 24.5 Å². The summed E-state index contributed by atoms with van der Waals surface area (Å²) in [5.74, 6) is -1.35. The normalized spacial score (nSPS) is 16.4. The van der Waals surface area contributed by atoms with E-state index in [0.717, 1.165) is 16.4 Å². The molecule has 0 radical (unpaired) electrons. The van der Waals surface area contributed by atoms with Crippen LogP contribution in [0, 0.1) is 11.6 Å². The summed E-state index contributed by atoms with van der Waals surface area (Å²) < 4.78 is 52.0. The molecule has 2 aromatic rings. The molecule has 0 aromatic heterocycles. The Hall–Kier alpha value is -2.32. The van der Waals surface area contributed by atoms with E-state index in [1.54, 1.807) is 0 Å². The second-order valence-electron chi connectivity index (χ2n) is 5.31. The maximum absolute atomic E-state index is 13.0. The summed E-state index contributed by atoms with van der Waals surface area (Å²) in [6.07, 6.45) is 0. The zero-order valence-corrected chi connectivity index (χ0v) is 13.3. The van der Waals surface area contributed by atoms with Gasteiger partial charge in [-0.2, -0.15) is 4.31 Å². The van der Waals surface area contributed by atoms with Crippen molar-refractivity contribution < 1.29 is 22.0 Å². The summed E-state index contributed by atoms with van der Waals surface area (Å²) in [4.78, 5) is 13.6. The van der Waals surface area contributed by atoms with Crippen LogP contribution in [0.1, 0.15) is 0 Å². The fourth-order valence-electron chi connectivity index (χ4n) is 2.51. The van der Waals surface area contributed by atoms with Gasteiger partial charge in [-0.05, 0) is 48.5 Å². The molecular formula is C16H14F2N2O3S. The summed E-state index contributed by atoms with van der Waals surface area (Å²) in [6, 6.07) is 9.87. The molecule has 0 saturated carbocycles. The smallest absolute Gasteiger partial charge is 0.243 e. The fourth-order valence-corrected chi connectivity index (χ4v) is 3.89. The van der Waals surface area contributed by atoms with Crippen molar-refractivity contribution in [3.05, 3.63) is 60.2 Å². The molecule has 0 N–H and O–H groups in total. The van der Waals surface area contributed by atoms with E-state index in [2.05, 4.69) is 0 Å². The van der Waals surface area contributed by atoms with Crippen LogP contribution in [0.5, 0.6) is 0 Å². The van der Waals surface area contributed by atoms with Crippen molar-refractivity contribution in [3.8, 4) is 0 Å². The SMILES string of the molecule is O=C1CN(S(=O)(=O)c2ccc(F)cc2)CCN1c1ccc(F)cc1. The van der Waals surface area contributed by atoms with Crippen molar-refractivity contribution >= 4 is 21.6 Å². The number of hydrogen-bond donors (Lipinski definition) is 0. The molecule has 1 amide bonds. The number of carbonyl (C=O) groups is 1. The number of anilines is 1. The van der Waals surface area contributed by atoms with E-state index < -0.39 is 27.6 Å². The van der Waals surface area contributed by atoms with Crippen molar-refractivity contribution in [1.82, 2.24) is 4.31 Å². The number of rotatable bonds is 3. The van der Waals surface area contributed by atoms with Crippen LogP contribution >= 0.6 is 0 Å². The molecule has 0 aliphatic carbocycles. The lowest BCUT2D eigenvalue weighted by atomic mass is 10.2. The van der Waals surface area contributed by atoms with Crippen molar-refractivity contribution in [3.63, 3.8) is 0 Å². The van der Waals surface area contributed by atoms with Crippen molar-refractivity contribution in [2.45, 2.75) is 4.90 Å². The van der Waals surface area contributed by atoms with E-state index in [9.17, 15) is 22.0 Å². The van der Waals surface area contributed by atoms with E-state index in [1.807, 2.05) is 0 Å². The average Bonchev–Trinajstić information content (AvgIpc) is 2.56. The number of hydrogen-bond acceptors (Lipinski definition) is 3. The van der Waals surface area contributed by atoms with E-state index in [1.165, 1.54) is 41.3 Å². The van der Waals surface area contributed by atoms with Gasteiger partial charge in [-0.25, -0.2) is 17.2 Å². The van der Waals surface area contributed by atoms with Crippen LogP contribution in [0.15, 0.2) is 53.4 Å². The van der Waals surface area contributed by atoms with Crippen LogP contribution in [0.2, 0.25) is 0 Å². The van der Waals surface area contributed by atoms with E-state index in [0.29, 0.717) is 5.69 Å². The van der Waals surface area contributed by atoms with E-state index in [4.69, 9.17) is 0 Å². The van der Waals surface area contributed by atoms with Gasteiger partial charge in [0.1, 0.15) is 11.6 Å². The first kappa shape index (κ1) is 16.5. The fraction of sp³-hybridized carbons (Fsp3) is 0.188. The molecule has 126 valence electrons. The first-order chi connectivity index (χ1) is 11.4. The van der Waals surface area contributed by atoms with Gasteiger partial charge in [0.15, 0.2) is 0 Å². The average molecular weight is 352 g/mol. The molecule has 24 heavy (non-hydrogen) atoms. The van der Waals surface area contributed by atoms with Gasteiger partial charge in [0, 0.05) is 18.8 Å². The molecule has 8 heteroatoms. The maximum Gasteiger partial charge on any atom is 0.243 e. The van der Waals surface area contributed by atoms with Gasteiger partial charge in [0.25, 0.3) is 0 Å². The number of nitrogens with zero attached hydrogens (tertiary/aromatic N) is 2. The first-order valence-electron chi connectivity index (χ1n) is 7.19. The van der Waals surface area contributed by atoms with Crippen LogP contribution in [0.4, 0.5) is 14.5 Å². The van der Waals surface area contributed by atoms with Crippen LogP contribution < -0.4 is 4.90 Å². The summed E-state index contributed by atoms with van der Waals surface area (Å²) in [5, 5.41) is 0. The van der Waals surface area contributed by atoms with E-state index >= 15 is 0 Å². The van der Waals surface area contributed by atoms with Gasteiger partial charge in [-0.15, -0.1) is 0 Å². The van der Waals surface area contributed by atoms with Crippen LogP contribution in [-0.4, -0.2) is 38.3 Å².